The molecule has 0 atom stereocenters. The van der Waals surface area contributed by atoms with Crippen molar-refractivity contribution >= 4 is 10.9 Å². The lowest BCUT2D eigenvalue weighted by atomic mass is 10.1. The number of ether oxygens (including phenoxy) is 1. The first-order chi connectivity index (χ1) is 12.2. The molecule has 0 spiro atoms. The van der Waals surface area contributed by atoms with E-state index in [1.54, 1.807) is 7.11 Å². The highest BCUT2D eigenvalue weighted by atomic mass is 16.5. The minimum atomic E-state index is 0.422. The average Bonchev–Trinajstić information content (AvgIpc) is 3.28. The van der Waals surface area contributed by atoms with Crippen molar-refractivity contribution in [3.63, 3.8) is 0 Å². The van der Waals surface area contributed by atoms with E-state index in [4.69, 9.17) is 9.26 Å². The topological polar surface area (TPSA) is 53.1 Å². The van der Waals surface area contributed by atoms with Gasteiger partial charge < -0.3 is 13.8 Å². The largest absolute Gasteiger partial charge is 0.496 e. The lowest BCUT2D eigenvalue weighted by Gasteiger charge is -2.09. The van der Waals surface area contributed by atoms with Gasteiger partial charge in [-0.25, -0.2) is 0 Å². The summed E-state index contributed by atoms with van der Waals surface area (Å²) in [6, 6.07) is 16.4. The second kappa shape index (κ2) is 6.09. The van der Waals surface area contributed by atoms with Gasteiger partial charge in [0.25, 0.3) is 5.89 Å². The van der Waals surface area contributed by atoms with Crippen LogP contribution >= 0.6 is 0 Å². The van der Waals surface area contributed by atoms with Crippen LogP contribution in [0.25, 0.3) is 33.7 Å². The second-order valence-electron chi connectivity index (χ2n) is 6.21. The van der Waals surface area contributed by atoms with Crippen LogP contribution in [0.1, 0.15) is 19.9 Å². The minimum absolute atomic E-state index is 0.422. The minimum Gasteiger partial charge on any atom is -0.496 e. The van der Waals surface area contributed by atoms with Crippen molar-refractivity contribution in [2.45, 2.75) is 19.9 Å². The van der Waals surface area contributed by atoms with Gasteiger partial charge in [0.2, 0.25) is 5.82 Å². The third-order valence-electron chi connectivity index (χ3n) is 4.30. The smallest absolute Gasteiger partial charge is 0.262 e. The van der Waals surface area contributed by atoms with Gasteiger partial charge in [0.05, 0.1) is 12.7 Å². The Morgan fingerprint density at radius 1 is 1.08 bits per heavy atom. The number of hydrogen-bond donors (Lipinski definition) is 0. The Balaban J connectivity index is 1.74. The van der Waals surface area contributed by atoms with E-state index >= 15 is 0 Å². The third-order valence-corrected chi connectivity index (χ3v) is 4.30. The lowest BCUT2D eigenvalue weighted by molar-refractivity contribution is 0.405. The number of hydrogen-bond acceptors (Lipinski definition) is 4. The fourth-order valence-electron chi connectivity index (χ4n) is 3.02. The molecule has 126 valence electrons. The Kier molecular flexibility index (Phi) is 3.76. The number of benzene rings is 2. The summed E-state index contributed by atoms with van der Waals surface area (Å²) >= 11 is 0. The zero-order valence-corrected chi connectivity index (χ0v) is 14.4. The molecule has 0 bridgehead atoms. The van der Waals surface area contributed by atoms with E-state index in [1.165, 1.54) is 5.52 Å². The van der Waals surface area contributed by atoms with Crippen molar-refractivity contribution in [3.05, 3.63) is 54.7 Å². The van der Waals surface area contributed by atoms with Crippen molar-refractivity contribution in [3.8, 4) is 28.6 Å². The maximum absolute atomic E-state index is 5.46. The van der Waals surface area contributed by atoms with Gasteiger partial charge in [-0.2, -0.15) is 4.98 Å². The van der Waals surface area contributed by atoms with Gasteiger partial charge in [-0.05, 0) is 50.2 Å². The molecule has 4 rings (SSSR count). The monoisotopic (exact) mass is 333 g/mol. The Bertz CT molecular complexity index is 1030. The highest BCUT2D eigenvalue weighted by Gasteiger charge is 2.15. The van der Waals surface area contributed by atoms with Crippen molar-refractivity contribution in [2.75, 3.05) is 7.11 Å². The highest BCUT2D eigenvalue weighted by molar-refractivity contribution is 5.84. The summed E-state index contributed by atoms with van der Waals surface area (Å²) < 4.78 is 13.1. The van der Waals surface area contributed by atoms with Crippen molar-refractivity contribution in [1.82, 2.24) is 14.7 Å². The van der Waals surface area contributed by atoms with Gasteiger partial charge in [-0.15, -0.1) is 0 Å². The zero-order valence-electron chi connectivity index (χ0n) is 14.4. The average molecular weight is 333 g/mol. The van der Waals surface area contributed by atoms with Gasteiger partial charge in [0.1, 0.15) is 5.75 Å². The van der Waals surface area contributed by atoms with Crippen LogP contribution in [0.5, 0.6) is 5.75 Å². The normalized spacial score (nSPS) is 11.4. The van der Waals surface area contributed by atoms with Crippen LogP contribution in [-0.2, 0) is 0 Å². The molecule has 4 aromatic rings. The number of rotatable bonds is 4. The fraction of sp³-hybridized carbons (Fsp3) is 0.200. The first-order valence-electron chi connectivity index (χ1n) is 8.25. The molecule has 2 aromatic heterocycles. The number of para-hydroxylation sites is 1. The molecular weight excluding hydrogens is 314 g/mol. The molecule has 0 saturated carbocycles. The van der Waals surface area contributed by atoms with E-state index < -0.39 is 0 Å². The molecule has 0 amide bonds. The van der Waals surface area contributed by atoms with Crippen LogP contribution < -0.4 is 4.74 Å². The van der Waals surface area contributed by atoms with E-state index in [0.717, 1.165) is 16.5 Å². The summed E-state index contributed by atoms with van der Waals surface area (Å²) in [5, 5.41) is 5.30. The lowest BCUT2D eigenvalue weighted by Crippen LogP contribution is -1.97. The number of fused-ring (bicyclic) bond motifs is 1. The standard InChI is InChI=1S/C20H19N3O2/c1-13(2)23-11-10-14-12-15(8-9-17(14)23)19-21-20(25-22-19)16-6-4-5-7-18(16)24-3/h4-13H,1-3H3. The zero-order chi connectivity index (χ0) is 17.4. The molecule has 0 aliphatic heterocycles. The summed E-state index contributed by atoms with van der Waals surface area (Å²) in [4.78, 5) is 4.54. The summed E-state index contributed by atoms with van der Waals surface area (Å²) in [7, 11) is 1.63. The van der Waals surface area contributed by atoms with E-state index in [9.17, 15) is 0 Å². The van der Waals surface area contributed by atoms with Gasteiger partial charge >= 0.3 is 0 Å². The Morgan fingerprint density at radius 2 is 1.92 bits per heavy atom. The van der Waals surface area contributed by atoms with Crippen molar-refractivity contribution in [1.29, 1.82) is 0 Å². The Hall–Kier alpha value is -3.08. The first kappa shape index (κ1) is 15.4. The number of nitrogens with zero attached hydrogens (tertiary/aromatic N) is 3. The van der Waals surface area contributed by atoms with Crippen molar-refractivity contribution < 1.29 is 9.26 Å². The summed E-state index contributed by atoms with van der Waals surface area (Å²) in [5.41, 5.74) is 2.92. The predicted molar refractivity (Wildman–Crippen MR) is 97.6 cm³/mol. The molecular formula is C20H19N3O2. The molecule has 0 N–H and O–H groups in total. The van der Waals surface area contributed by atoms with Crippen LogP contribution in [-0.4, -0.2) is 21.8 Å². The van der Waals surface area contributed by atoms with E-state index in [0.29, 0.717) is 23.5 Å². The van der Waals surface area contributed by atoms with Gasteiger partial charge in [0.15, 0.2) is 0 Å². The Morgan fingerprint density at radius 3 is 2.72 bits per heavy atom. The van der Waals surface area contributed by atoms with E-state index in [-0.39, 0.29) is 0 Å². The SMILES string of the molecule is COc1ccccc1-c1nc(-c2ccc3c(ccn3C(C)C)c2)no1. The third kappa shape index (κ3) is 2.67. The van der Waals surface area contributed by atoms with Crippen LogP contribution in [0, 0.1) is 0 Å². The maximum atomic E-state index is 5.46. The van der Waals surface area contributed by atoms with Crippen molar-refractivity contribution in [2.24, 2.45) is 0 Å². The molecule has 5 nitrogen and oxygen atoms in total. The summed E-state index contributed by atoms with van der Waals surface area (Å²) in [6.07, 6.45) is 2.11. The molecule has 0 radical (unpaired) electrons. The summed E-state index contributed by atoms with van der Waals surface area (Å²) in [5.74, 6) is 1.73. The Labute approximate surface area is 145 Å². The number of methoxy groups -OCH3 is 1. The molecule has 0 fully saturated rings. The molecule has 0 saturated heterocycles. The highest BCUT2D eigenvalue weighted by Crippen LogP contribution is 2.31. The van der Waals surface area contributed by atoms with Crippen LogP contribution in [0.4, 0.5) is 0 Å². The van der Waals surface area contributed by atoms with Gasteiger partial charge in [0, 0.05) is 28.7 Å². The quantitative estimate of drug-likeness (QED) is 0.530. The molecule has 0 aliphatic carbocycles. The van der Waals surface area contributed by atoms with Crippen LogP contribution in [0.3, 0.4) is 0 Å². The molecule has 0 unspecified atom stereocenters. The molecule has 5 heteroatoms. The maximum Gasteiger partial charge on any atom is 0.262 e. The molecule has 0 aliphatic rings. The molecule has 2 heterocycles. The van der Waals surface area contributed by atoms with Gasteiger partial charge in [-0.3, -0.25) is 0 Å². The van der Waals surface area contributed by atoms with E-state index in [1.807, 2.05) is 30.3 Å². The molecule has 25 heavy (non-hydrogen) atoms. The van der Waals surface area contributed by atoms with E-state index in [2.05, 4.69) is 53.0 Å². The first-order valence-corrected chi connectivity index (χ1v) is 8.25. The predicted octanol–water partition coefficient (Wildman–Crippen LogP) is 4.95. The fourth-order valence-corrected chi connectivity index (χ4v) is 3.02. The second-order valence-corrected chi connectivity index (χ2v) is 6.21. The van der Waals surface area contributed by atoms with Gasteiger partial charge in [-0.1, -0.05) is 17.3 Å². The molecule has 2 aromatic carbocycles. The summed E-state index contributed by atoms with van der Waals surface area (Å²) in [6.45, 7) is 4.35. The van der Waals surface area contributed by atoms with Crippen LogP contribution in [0.15, 0.2) is 59.3 Å². The van der Waals surface area contributed by atoms with Crippen LogP contribution in [0.2, 0.25) is 0 Å². The number of aromatic nitrogens is 3.